The van der Waals surface area contributed by atoms with E-state index in [1.54, 1.807) is 0 Å². The van der Waals surface area contributed by atoms with Gasteiger partial charge in [-0.2, -0.15) is 0 Å². The van der Waals surface area contributed by atoms with Crippen LogP contribution in [0, 0.1) is 5.92 Å². The lowest BCUT2D eigenvalue weighted by atomic mass is 9.92. The molecule has 0 bridgehead atoms. The minimum absolute atomic E-state index is 0.150. The maximum Gasteiger partial charge on any atom is 0.327 e. The second-order valence-corrected chi connectivity index (χ2v) is 5.83. The third kappa shape index (κ3) is 3.80. The van der Waals surface area contributed by atoms with Gasteiger partial charge in [0, 0.05) is 25.5 Å². The minimum Gasteiger partial charge on any atom is -0.468 e. The Kier molecular flexibility index (Phi) is 5.31. The van der Waals surface area contributed by atoms with E-state index in [2.05, 4.69) is 22.2 Å². The summed E-state index contributed by atoms with van der Waals surface area (Å²) in [4.78, 5) is 18.5. The topological polar surface area (TPSA) is 54.5 Å². The Morgan fingerprint density at radius 1 is 1.48 bits per heavy atom. The van der Waals surface area contributed by atoms with Crippen molar-refractivity contribution < 1.29 is 9.53 Å². The Hall–Kier alpha value is -1.46. The molecule has 1 aromatic heterocycles. The quantitative estimate of drug-likeness (QED) is 0.727. The van der Waals surface area contributed by atoms with E-state index < -0.39 is 5.54 Å². The van der Waals surface area contributed by atoms with Crippen LogP contribution in [0.15, 0.2) is 24.5 Å². The summed E-state index contributed by atoms with van der Waals surface area (Å²) in [6.45, 7) is 1.57. The molecule has 1 heterocycles. The highest BCUT2D eigenvalue weighted by atomic mass is 16.5. The first kappa shape index (κ1) is 15.9. The van der Waals surface area contributed by atoms with Gasteiger partial charge in [-0.15, -0.1) is 0 Å². The van der Waals surface area contributed by atoms with Gasteiger partial charge in [0.25, 0.3) is 0 Å². The van der Waals surface area contributed by atoms with E-state index in [0.717, 1.165) is 25.8 Å². The molecule has 5 heteroatoms. The third-order valence-electron chi connectivity index (χ3n) is 4.32. The highest BCUT2D eigenvalue weighted by Crippen LogP contribution is 2.40. The average Bonchev–Trinajstić information content (AvgIpc) is 3.36. The molecule has 1 unspecified atom stereocenters. The summed E-state index contributed by atoms with van der Waals surface area (Å²) in [5, 5.41) is 3.23. The van der Waals surface area contributed by atoms with Crippen molar-refractivity contribution >= 4 is 5.97 Å². The standard InChI is InChI=1S/C16H25N3O2/c1-17-16(14-4-5-14,15(20)21-3)12-19(2)11-8-13-6-9-18-10-7-13/h6-7,9-10,14,17H,4-5,8,11-12H2,1-3H3. The molecule has 0 saturated heterocycles. The van der Waals surface area contributed by atoms with Crippen LogP contribution in [0.4, 0.5) is 0 Å². The number of hydrogen-bond acceptors (Lipinski definition) is 5. The van der Waals surface area contributed by atoms with E-state index in [9.17, 15) is 4.79 Å². The largest absolute Gasteiger partial charge is 0.468 e. The monoisotopic (exact) mass is 291 g/mol. The predicted molar refractivity (Wildman–Crippen MR) is 82.0 cm³/mol. The zero-order valence-electron chi connectivity index (χ0n) is 13.1. The Balaban J connectivity index is 1.95. The summed E-state index contributed by atoms with van der Waals surface area (Å²) >= 11 is 0. The number of pyridine rings is 1. The molecule has 1 fully saturated rings. The maximum absolute atomic E-state index is 12.2. The molecule has 0 aromatic carbocycles. The SMILES string of the molecule is CNC(CN(C)CCc1ccncc1)(C(=O)OC)C1CC1. The van der Waals surface area contributed by atoms with E-state index in [1.165, 1.54) is 12.7 Å². The van der Waals surface area contributed by atoms with Crippen molar-refractivity contribution in [1.29, 1.82) is 0 Å². The van der Waals surface area contributed by atoms with Gasteiger partial charge in [0.2, 0.25) is 0 Å². The third-order valence-corrected chi connectivity index (χ3v) is 4.32. The van der Waals surface area contributed by atoms with Gasteiger partial charge in [-0.3, -0.25) is 4.98 Å². The highest BCUT2D eigenvalue weighted by molar-refractivity contribution is 5.82. The van der Waals surface area contributed by atoms with Crippen LogP contribution in [0.5, 0.6) is 0 Å². The molecule has 0 radical (unpaired) electrons. The van der Waals surface area contributed by atoms with Gasteiger partial charge in [-0.1, -0.05) is 0 Å². The summed E-state index contributed by atoms with van der Waals surface area (Å²) in [6.07, 6.45) is 6.75. The maximum atomic E-state index is 12.2. The molecule has 1 aromatic rings. The first-order chi connectivity index (χ1) is 10.1. The molecule has 0 spiro atoms. The summed E-state index contributed by atoms with van der Waals surface area (Å²) in [5.41, 5.74) is 0.693. The summed E-state index contributed by atoms with van der Waals surface area (Å²) in [7, 11) is 5.37. The number of likely N-dealkylation sites (N-methyl/N-ethyl adjacent to an activating group) is 2. The van der Waals surface area contributed by atoms with Crippen LogP contribution in [-0.2, 0) is 16.0 Å². The second-order valence-electron chi connectivity index (χ2n) is 5.83. The summed E-state index contributed by atoms with van der Waals surface area (Å²) in [5.74, 6) is 0.238. The first-order valence-electron chi connectivity index (χ1n) is 7.47. The number of carbonyl (C=O) groups excluding carboxylic acids is 1. The molecule has 2 rings (SSSR count). The molecular formula is C16H25N3O2. The molecule has 0 aliphatic heterocycles. The number of nitrogens with zero attached hydrogens (tertiary/aromatic N) is 2. The average molecular weight is 291 g/mol. The van der Waals surface area contributed by atoms with Gasteiger partial charge in [-0.05, 0) is 57.0 Å². The minimum atomic E-state index is -0.568. The number of rotatable bonds is 8. The lowest BCUT2D eigenvalue weighted by molar-refractivity contribution is -0.150. The highest BCUT2D eigenvalue weighted by Gasteiger charge is 2.51. The van der Waals surface area contributed by atoms with Gasteiger partial charge in [-0.25, -0.2) is 4.79 Å². The first-order valence-corrected chi connectivity index (χ1v) is 7.47. The van der Waals surface area contributed by atoms with Crippen molar-refractivity contribution in [3.8, 4) is 0 Å². The summed E-state index contributed by atoms with van der Waals surface area (Å²) < 4.78 is 5.04. The van der Waals surface area contributed by atoms with Gasteiger partial charge >= 0.3 is 5.97 Å². The van der Waals surface area contributed by atoms with Crippen molar-refractivity contribution in [2.24, 2.45) is 5.92 Å². The van der Waals surface area contributed by atoms with E-state index in [4.69, 9.17) is 4.74 Å². The smallest absolute Gasteiger partial charge is 0.327 e. The molecule has 21 heavy (non-hydrogen) atoms. The molecule has 1 aliphatic rings. The van der Waals surface area contributed by atoms with Crippen LogP contribution < -0.4 is 5.32 Å². The number of methoxy groups -OCH3 is 1. The van der Waals surface area contributed by atoms with Crippen molar-refractivity contribution in [2.45, 2.75) is 24.8 Å². The number of carbonyl (C=O) groups is 1. The lowest BCUT2D eigenvalue weighted by Crippen LogP contribution is -2.59. The second kappa shape index (κ2) is 7.00. The number of esters is 1. The van der Waals surface area contributed by atoms with Gasteiger partial charge in [0.05, 0.1) is 7.11 Å². The van der Waals surface area contributed by atoms with E-state index in [-0.39, 0.29) is 5.97 Å². The van der Waals surface area contributed by atoms with Gasteiger partial charge in [0.1, 0.15) is 5.54 Å². The predicted octanol–water partition coefficient (Wildman–Crippen LogP) is 1.10. The van der Waals surface area contributed by atoms with Crippen LogP contribution in [0.2, 0.25) is 0 Å². The zero-order valence-corrected chi connectivity index (χ0v) is 13.1. The number of ether oxygens (including phenoxy) is 1. The Morgan fingerprint density at radius 2 is 2.14 bits per heavy atom. The van der Waals surface area contributed by atoms with E-state index >= 15 is 0 Å². The van der Waals surface area contributed by atoms with Crippen molar-refractivity contribution in [3.63, 3.8) is 0 Å². The van der Waals surface area contributed by atoms with Crippen LogP contribution in [0.25, 0.3) is 0 Å². The molecule has 0 amide bonds. The van der Waals surface area contributed by atoms with Crippen LogP contribution in [-0.4, -0.2) is 55.7 Å². The molecule has 1 N–H and O–H groups in total. The number of aromatic nitrogens is 1. The fourth-order valence-electron chi connectivity index (χ4n) is 2.88. The Labute approximate surface area is 126 Å². The van der Waals surface area contributed by atoms with Crippen molar-refractivity contribution in [2.75, 3.05) is 34.3 Å². The van der Waals surface area contributed by atoms with E-state index in [0.29, 0.717) is 12.5 Å². The van der Waals surface area contributed by atoms with Crippen LogP contribution >= 0.6 is 0 Å². The molecule has 1 saturated carbocycles. The van der Waals surface area contributed by atoms with Crippen LogP contribution in [0.1, 0.15) is 18.4 Å². The fraction of sp³-hybridized carbons (Fsp3) is 0.625. The van der Waals surface area contributed by atoms with Gasteiger partial charge < -0.3 is 15.0 Å². The fourth-order valence-corrected chi connectivity index (χ4v) is 2.88. The normalized spacial score (nSPS) is 17.5. The summed E-state index contributed by atoms with van der Waals surface area (Å²) in [6, 6.07) is 4.06. The molecule has 5 nitrogen and oxygen atoms in total. The lowest BCUT2D eigenvalue weighted by Gasteiger charge is -2.34. The number of nitrogens with one attached hydrogen (secondary N) is 1. The van der Waals surface area contributed by atoms with Crippen molar-refractivity contribution in [1.82, 2.24) is 15.2 Å². The van der Waals surface area contributed by atoms with Crippen molar-refractivity contribution in [3.05, 3.63) is 30.1 Å². The Bertz CT molecular complexity index is 462. The molecular weight excluding hydrogens is 266 g/mol. The number of hydrogen-bond donors (Lipinski definition) is 1. The Morgan fingerprint density at radius 3 is 2.67 bits per heavy atom. The molecule has 116 valence electrons. The molecule has 1 aliphatic carbocycles. The van der Waals surface area contributed by atoms with Crippen LogP contribution in [0.3, 0.4) is 0 Å². The molecule has 1 atom stereocenters. The van der Waals surface area contributed by atoms with Gasteiger partial charge in [0.15, 0.2) is 0 Å². The van der Waals surface area contributed by atoms with E-state index in [1.807, 2.05) is 31.6 Å². The zero-order chi connectivity index (χ0) is 15.3.